The van der Waals surface area contributed by atoms with Crippen molar-refractivity contribution in [3.05, 3.63) is 83.8 Å². The van der Waals surface area contributed by atoms with Crippen molar-refractivity contribution in [3.63, 3.8) is 0 Å². The number of benzene rings is 2. The van der Waals surface area contributed by atoms with E-state index in [9.17, 15) is 4.79 Å². The second-order valence-electron chi connectivity index (χ2n) is 7.50. The van der Waals surface area contributed by atoms with Gasteiger partial charge in [-0.2, -0.15) is 5.26 Å². The van der Waals surface area contributed by atoms with Crippen molar-refractivity contribution in [2.24, 2.45) is 5.73 Å². The monoisotopic (exact) mass is 424 g/mol. The summed E-state index contributed by atoms with van der Waals surface area (Å²) in [6.07, 6.45) is 3.95. The molecule has 2 aromatic heterocycles. The van der Waals surface area contributed by atoms with Crippen LogP contribution in [0, 0.1) is 11.3 Å². The van der Waals surface area contributed by atoms with Gasteiger partial charge in [0.1, 0.15) is 17.1 Å². The third kappa shape index (κ3) is 3.46. The first-order valence-electron chi connectivity index (χ1n) is 10.2. The van der Waals surface area contributed by atoms with Crippen molar-refractivity contribution in [2.75, 3.05) is 6.54 Å². The fraction of sp³-hybridized carbons (Fsp3) is 0.125. The van der Waals surface area contributed by atoms with E-state index in [2.05, 4.69) is 5.10 Å². The zero-order chi connectivity index (χ0) is 22.1. The van der Waals surface area contributed by atoms with Crippen LogP contribution < -0.4 is 10.5 Å². The maximum Gasteiger partial charge on any atom is 0.254 e. The predicted molar refractivity (Wildman–Crippen MR) is 119 cm³/mol. The number of para-hydroxylation sites is 1. The van der Waals surface area contributed by atoms with Crippen LogP contribution in [0.5, 0.6) is 11.5 Å². The Hall–Kier alpha value is -4.51. The molecule has 0 spiro atoms. The minimum atomic E-state index is -0.542. The Morgan fingerprint density at radius 3 is 2.62 bits per heavy atom. The zero-order valence-electron chi connectivity index (χ0n) is 17.2. The first-order valence-corrected chi connectivity index (χ1v) is 10.2. The van der Waals surface area contributed by atoms with E-state index in [1.807, 2.05) is 70.1 Å². The van der Waals surface area contributed by atoms with E-state index in [4.69, 9.17) is 20.7 Å². The molecular formula is C24H20N6O2. The Bertz CT molecular complexity index is 1360. The molecule has 0 bridgehead atoms. The van der Waals surface area contributed by atoms with E-state index in [1.54, 1.807) is 6.20 Å². The molecule has 0 aliphatic carbocycles. The van der Waals surface area contributed by atoms with Crippen LogP contribution in [-0.4, -0.2) is 31.9 Å². The molecule has 0 unspecified atom stereocenters. The van der Waals surface area contributed by atoms with Crippen molar-refractivity contribution in [2.45, 2.75) is 13.0 Å². The maximum atomic E-state index is 12.4. The molecule has 8 heteroatoms. The highest BCUT2D eigenvalue weighted by Gasteiger charge is 2.26. The van der Waals surface area contributed by atoms with Gasteiger partial charge in [-0.15, -0.1) is 0 Å². The first kappa shape index (κ1) is 19.5. The fourth-order valence-corrected chi connectivity index (χ4v) is 3.97. The van der Waals surface area contributed by atoms with Crippen LogP contribution in [0.3, 0.4) is 0 Å². The molecule has 1 aliphatic heterocycles. The molecule has 5 rings (SSSR count). The number of ether oxygens (including phenoxy) is 1. The number of nitriles is 1. The maximum absolute atomic E-state index is 12.4. The third-order valence-corrected chi connectivity index (χ3v) is 5.47. The fourth-order valence-electron chi connectivity index (χ4n) is 3.97. The van der Waals surface area contributed by atoms with E-state index < -0.39 is 5.91 Å². The van der Waals surface area contributed by atoms with E-state index in [0.29, 0.717) is 29.2 Å². The van der Waals surface area contributed by atoms with Gasteiger partial charge in [0.15, 0.2) is 5.65 Å². The highest BCUT2D eigenvalue weighted by atomic mass is 16.5. The van der Waals surface area contributed by atoms with Gasteiger partial charge in [0.05, 0.1) is 29.7 Å². The number of hydrogen-bond donors (Lipinski definition) is 2. The van der Waals surface area contributed by atoms with Crippen molar-refractivity contribution in [1.29, 1.82) is 5.26 Å². The average Bonchev–Trinajstić information content (AvgIpc) is 3.35. The number of rotatable bonds is 5. The van der Waals surface area contributed by atoms with Crippen LogP contribution in [0.1, 0.15) is 21.7 Å². The second kappa shape index (κ2) is 7.96. The van der Waals surface area contributed by atoms with Crippen LogP contribution in [0.25, 0.3) is 16.9 Å². The van der Waals surface area contributed by atoms with Gasteiger partial charge >= 0.3 is 0 Å². The Kier molecular flexibility index (Phi) is 4.84. The Labute approximate surface area is 184 Å². The lowest BCUT2D eigenvalue weighted by atomic mass is 10.1. The number of aromatic nitrogens is 3. The molecular weight excluding hydrogens is 404 g/mol. The minimum Gasteiger partial charge on any atom is -0.457 e. The lowest BCUT2D eigenvalue weighted by Crippen LogP contribution is -2.26. The molecule has 32 heavy (non-hydrogen) atoms. The molecule has 0 saturated heterocycles. The Morgan fingerprint density at radius 1 is 1.16 bits per heavy atom. The van der Waals surface area contributed by atoms with Crippen molar-refractivity contribution < 1.29 is 9.53 Å². The molecule has 0 saturated carbocycles. The number of allylic oxidation sites excluding steroid dienone is 1. The smallest absolute Gasteiger partial charge is 0.254 e. The molecule has 3 heterocycles. The number of nitrogens with one attached hydrogen (secondary N) is 1. The molecule has 158 valence electrons. The topological polar surface area (TPSA) is 112 Å². The van der Waals surface area contributed by atoms with Crippen molar-refractivity contribution in [1.82, 2.24) is 19.5 Å². The van der Waals surface area contributed by atoms with Gasteiger partial charge in [-0.05, 0) is 36.4 Å². The number of hydrogen-bond acceptors (Lipinski definition) is 5. The average molecular weight is 424 g/mol. The van der Waals surface area contributed by atoms with Gasteiger partial charge in [0.2, 0.25) is 0 Å². The number of primary amides is 1. The molecule has 1 aliphatic rings. The predicted octanol–water partition coefficient (Wildman–Crippen LogP) is 3.62. The lowest BCUT2D eigenvalue weighted by Gasteiger charge is -2.24. The molecule has 0 atom stereocenters. The van der Waals surface area contributed by atoms with Gasteiger partial charge in [-0.25, -0.2) is 9.50 Å². The molecule has 0 radical (unpaired) electrons. The number of carbonyl (C=O) groups is 1. The second-order valence-corrected chi connectivity index (χ2v) is 7.50. The van der Waals surface area contributed by atoms with Crippen LogP contribution in [-0.2, 0) is 13.0 Å². The Morgan fingerprint density at radius 2 is 1.91 bits per heavy atom. The number of aromatic amines is 1. The lowest BCUT2D eigenvalue weighted by molar-refractivity contribution is 0.100. The number of nitrogens with two attached hydrogens (primary N) is 1. The summed E-state index contributed by atoms with van der Waals surface area (Å²) in [5, 5.41) is 12.1. The molecule has 4 aromatic rings. The van der Waals surface area contributed by atoms with Gasteiger partial charge in [-0.1, -0.05) is 18.2 Å². The van der Waals surface area contributed by atoms with Crippen LogP contribution in [0.4, 0.5) is 0 Å². The Balaban J connectivity index is 1.51. The summed E-state index contributed by atoms with van der Waals surface area (Å²) in [5.41, 5.74) is 9.92. The first-order chi connectivity index (χ1) is 15.6. The van der Waals surface area contributed by atoms with Gasteiger partial charge in [-0.3, -0.25) is 9.89 Å². The van der Waals surface area contributed by atoms with Crippen LogP contribution in [0.2, 0.25) is 0 Å². The van der Waals surface area contributed by atoms with E-state index in [0.717, 1.165) is 35.7 Å². The molecule has 3 N–H and O–H groups in total. The number of imidazole rings is 1. The highest BCUT2D eigenvalue weighted by molar-refractivity contribution is 6.04. The molecule has 8 nitrogen and oxygen atoms in total. The number of fused-ring (bicyclic) bond motifs is 3. The van der Waals surface area contributed by atoms with Gasteiger partial charge < -0.3 is 15.4 Å². The normalized spacial score (nSPS) is 13.3. The van der Waals surface area contributed by atoms with Gasteiger partial charge in [0, 0.05) is 30.8 Å². The summed E-state index contributed by atoms with van der Waals surface area (Å²) in [4.78, 5) is 19.1. The summed E-state index contributed by atoms with van der Waals surface area (Å²) >= 11 is 0. The SMILES string of the molecule is N#CC=CN1CCc2nc3c(C(N)=O)c(-c4ccc(Oc5ccccc5)cc4)[nH]n3c2C1. The van der Waals surface area contributed by atoms with E-state index in [1.165, 1.54) is 6.08 Å². The summed E-state index contributed by atoms with van der Waals surface area (Å²) in [5.74, 6) is 0.895. The third-order valence-electron chi connectivity index (χ3n) is 5.47. The van der Waals surface area contributed by atoms with Gasteiger partial charge in [0.25, 0.3) is 5.91 Å². The van der Waals surface area contributed by atoms with Crippen molar-refractivity contribution >= 4 is 11.6 Å². The van der Waals surface area contributed by atoms with Crippen molar-refractivity contribution in [3.8, 4) is 28.8 Å². The molecule has 1 amide bonds. The minimum absolute atomic E-state index is 0.357. The zero-order valence-corrected chi connectivity index (χ0v) is 17.2. The summed E-state index contributed by atoms with van der Waals surface area (Å²) < 4.78 is 7.68. The molecule has 2 aromatic carbocycles. The number of amides is 1. The molecule has 0 fully saturated rings. The number of H-pyrrole nitrogens is 1. The van der Waals surface area contributed by atoms with Crippen LogP contribution >= 0.6 is 0 Å². The largest absolute Gasteiger partial charge is 0.457 e. The number of nitrogens with zero attached hydrogens (tertiary/aromatic N) is 4. The van der Waals surface area contributed by atoms with E-state index in [-0.39, 0.29) is 0 Å². The highest BCUT2D eigenvalue weighted by Crippen LogP contribution is 2.31. The number of carbonyl (C=O) groups excluding carboxylic acids is 1. The summed E-state index contributed by atoms with van der Waals surface area (Å²) in [6.45, 7) is 1.34. The van der Waals surface area contributed by atoms with Crippen LogP contribution in [0.15, 0.2) is 66.9 Å². The summed E-state index contributed by atoms with van der Waals surface area (Å²) in [7, 11) is 0. The van der Waals surface area contributed by atoms with E-state index >= 15 is 0 Å². The summed E-state index contributed by atoms with van der Waals surface area (Å²) in [6, 6.07) is 19.0. The quantitative estimate of drug-likeness (QED) is 0.475. The standard InChI is InChI=1S/C24H20N6O2/c25-12-4-13-29-14-11-19-20(15-29)30-24(27-19)21(23(26)31)22(28-30)16-7-9-18(10-8-16)32-17-5-2-1-3-6-17/h1-10,13,28H,11,14-15H2,(H2,26,31).